The van der Waals surface area contributed by atoms with Gasteiger partial charge < -0.3 is 10.8 Å². The first-order chi connectivity index (χ1) is 9.29. The van der Waals surface area contributed by atoms with E-state index in [4.69, 9.17) is 10.8 Å². The largest absolute Gasteiger partial charge is 0.478 e. The summed E-state index contributed by atoms with van der Waals surface area (Å²) in [5.74, 6) is -1.26. The van der Waals surface area contributed by atoms with Gasteiger partial charge in [0.1, 0.15) is 4.90 Å². The van der Waals surface area contributed by atoms with E-state index in [0.29, 0.717) is 0 Å². The molecule has 8 nitrogen and oxygen atoms in total. The molecule has 0 fully saturated rings. The van der Waals surface area contributed by atoms with Gasteiger partial charge in [-0.15, -0.1) is 0 Å². The minimum absolute atomic E-state index is 0.0706. The van der Waals surface area contributed by atoms with Crippen LogP contribution in [0.5, 0.6) is 0 Å². The number of sulfonamides is 1. The predicted molar refractivity (Wildman–Crippen MR) is 71.8 cm³/mol. The molecule has 0 aliphatic carbocycles. The van der Waals surface area contributed by atoms with Crippen molar-refractivity contribution in [3.8, 4) is 0 Å². The minimum Gasteiger partial charge on any atom is -0.478 e. The Morgan fingerprint density at radius 1 is 1.45 bits per heavy atom. The number of anilines is 2. The molecule has 1 aromatic carbocycles. The highest BCUT2D eigenvalue weighted by Gasteiger charge is 2.20. The van der Waals surface area contributed by atoms with Crippen LogP contribution < -0.4 is 10.5 Å². The fourth-order valence-electron chi connectivity index (χ4n) is 1.57. The van der Waals surface area contributed by atoms with Crippen LogP contribution in [0.2, 0.25) is 0 Å². The third-order valence-electron chi connectivity index (χ3n) is 2.51. The lowest BCUT2D eigenvalue weighted by molar-refractivity contribution is 0.0698. The van der Waals surface area contributed by atoms with Crippen molar-refractivity contribution in [1.82, 2.24) is 9.78 Å². The number of carbonyl (C=O) groups is 1. The van der Waals surface area contributed by atoms with Crippen LogP contribution in [0.3, 0.4) is 0 Å². The van der Waals surface area contributed by atoms with Crippen LogP contribution in [0.4, 0.5) is 11.4 Å². The highest BCUT2D eigenvalue weighted by molar-refractivity contribution is 7.92. The lowest BCUT2D eigenvalue weighted by atomic mass is 10.1. The van der Waals surface area contributed by atoms with E-state index < -0.39 is 16.0 Å². The van der Waals surface area contributed by atoms with E-state index in [2.05, 4.69) is 9.82 Å². The highest BCUT2D eigenvalue weighted by atomic mass is 32.2. The minimum atomic E-state index is -3.92. The van der Waals surface area contributed by atoms with Crippen molar-refractivity contribution in [2.45, 2.75) is 4.90 Å². The van der Waals surface area contributed by atoms with Crippen molar-refractivity contribution in [1.29, 1.82) is 0 Å². The quantitative estimate of drug-likeness (QED) is 0.705. The number of nitrogens with zero attached hydrogens (tertiary/aromatic N) is 2. The molecule has 0 unspecified atom stereocenters. The van der Waals surface area contributed by atoms with Crippen LogP contribution in [0.15, 0.2) is 35.5 Å². The predicted octanol–water partition coefficient (Wildman–Crippen LogP) is 0.501. The summed E-state index contributed by atoms with van der Waals surface area (Å²) < 4.78 is 27.7. The van der Waals surface area contributed by atoms with Crippen LogP contribution in [-0.4, -0.2) is 29.3 Å². The highest BCUT2D eigenvalue weighted by Crippen LogP contribution is 2.22. The second kappa shape index (κ2) is 4.85. The first kappa shape index (κ1) is 13.9. The monoisotopic (exact) mass is 296 g/mol. The molecule has 9 heteroatoms. The van der Waals surface area contributed by atoms with Gasteiger partial charge in [0, 0.05) is 18.9 Å². The van der Waals surface area contributed by atoms with Gasteiger partial charge in [0.25, 0.3) is 10.0 Å². The number of hydrogen-bond acceptors (Lipinski definition) is 5. The first-order valence-electron chi connectivity index (χ1n) is 5.44. The number of nitrogen functional groups attached to an aromatic ring is 1. The second-order valence-corrected chi connectivity index (χ2v) is 5.75. The SMILES string of the molecule is Cn1cc(S(=O)(=O)Nc2cc(N)ccc2C(=O)O)cn1. The van der Waals surface area contributed by atoms with Gasteiger partial charge in [-0.3, -0.25) is 9.40 Å². The average Bonchev–Trinajstić information content (AvgIpc) is 2.75. The summed E-state index contributed by atoms with van der Waals surface area (Å²) in [4.78, 5) is 11.0. The standard InChI is InChI=1S/C11H12N4O4S/c1-15-6-8(5-13-15)20(18,19)14-10-4-7(12)2-3-9(10)11(16)17/h2-6,14H,12H2,1H3,(H,16,17). The Morgan fingerprint density at radius 2 is 2.15 bits per heavy atom. The molecule has 2 aromatic rings. The molecule has 0 radical (unpaired) electrons. The number of benzene rings is 1. The molecule has 0 bridgehead atoms. The number of hydrogen-bond donors (Lipinski definition) is 3. The van der Waals surface area contributed by atoms with Crippen LogP contribution in [0.25, 0.3) is 0 Å². The molecule has 4 N–H and O–H groups in total. The summed E-state index contributed by atoms with van der Waals surface area (Å²) in [6, 6.07) is 3.86. The Morgan fingerprint density at radius 3 is 2.70 bits per heavy atom. The van der Waals surface area contributed by atoms with Crippen LogP contribution in [0.1, 0.15) is 10.4 Å². The third-order valence-corrected chi connectivity index (χ3v) is 3.83. The van der Waals surface area contributed by atoms with Crippen molar-refractivity contribution in [2.24, 2.45) is 7.05 Å². The average molecular weight is 296 g/mol. The number of nitrogens with one attached hydrogen (secondary N) is 1. The maximum atomic E-state index is 12.1. The number of aryl methyl sites for hydroxylation is 1. The van der Waals surface area contributed by atoms with Crippen molar-refractivity contribution in [2.75, 3.05) is 10.5 Å². The number of carboxylic acid groups (broad SMARTS) is 1. The van der Waals surface area contributed by atoms with Crippen molar-refractivity contribution in [3.05, 3.63) is 36.2 Å². The first-order valence-corrected chi connectivity index (χ1v) is 6.92. The number of rotatable bonds is 4. The third kappa shape index (κ3) is 2.72. The zero-order valence-electron chi connectivity index (χ0n) is 10.4. The fourth-order valence-corrected chi connectivity index (χ4v) is 2.63. The zero-order valence-corrected chi connectivity index (χ0v) is 11.3. The molecule has 0 saturated carbocycles. The molecular weight excluding hydrogens is 284 g/mol. The maximum Gasteiger partial charge on any atom is 0.337 e. The van der Waals surface area contributed by atoms with Crippen LogP contribution >= 0.6 is 0 Å². The van der Waals surface area contributed by atoms with Crippen molar-refractivity contribution >= 4 is 27.4 Å². The van der Waals surface area contributed by atoms with Crippen molar-refractivity contribution < 1.29 is 18.3 Å². The molecule has 20 heavy (non-hydrogen) atoms. The Balaban J connectivity index is 2.44. The van der Waals surface area contributed by atoms with E-state index in [1.165, 1.54) is 29.1 Å². The van der Waals surface area contributed by atoms with E-state index in [1.807, 2.05) is 0 Å². The van der Waals surface area contributed by atoms with Gasteiger partial charge in [-0.05, 0) is 18.2 Å². The normalized spacial score (nSPS) is 11.2. The van der Waals surface area contributed by atoms with E-state index in [-0.39, 0.29) is 21.8 Å². The Hall–Kier alpha value is -2.55. The van der Waals surface area contributed by atoms with Gasteiger partial charge in [-0.2, -0.15) is 5.10 Å². The summed E-state index contributed by atoms with van der Waals surface area (Å²) >= 11 is 0. The van der Waals surface area contributed by atoms with Gasteiger partial charge in [-0.25, -0.2) is 13.2 Å². The lowest BCUT2D eigenvalue weighted by Crippen LogP contribution is -2.15. The molecule has 0 spiro atoms. The Bertz CT molecular complexity index is 766. The molecule has 0 aliphatic rings. The molecule has 0 saturated heterocycles. The molecular formula is C11H12N4O4S. The van der Waals surface area contributed by atoms with Gasteiger partial charge >= 0.3 is 5.97 Å². The Kier molecular flexibility index (Phi) is 3.36. The molecule has 0 aliphatic heterocycles. The number of aromatic carboxylic acids is 1. The van der Waals surface area contributed by atoms with Gasteiger partial charge in [0.05, 0.1) is 17.4 Å². The summed E-state index contributed by atoms with van der Waals surface area (Å²) in [5, 5.41) is 12.8. The summed E-state index contributed by atoms with van der Waals surface area (Å²) in [6.07, 6.45) is 2.46. The number of nitrogens with two attached hydrogens (primary N) is 1. The second-order valence-electron chi connectivity index (χ2n) is 4.07. The zero-order chi connectivity index (χ0) is 14.9. The molecule has 106 valence electrons. The van der Waals surface area contributed by atoms with Gasteiger partial charge in [0.2, 0.25) is 0 Å². The smallest absolute Gasteiger partial charge is 0.337 e. The van der Waals surface area contributed by atoms with E-state index in [0.717, 1.165) is 6.20 Å². The van der Waals surface area contributed by atoms with Crippen molar-refractivity contribution in [3.63, 3.8) is 0 Å². The fraction of sp³-hybridized carbons (Fsp3) is 0.0909. The maximum absolute atomic E-state index is 12.1. The van der Waals surface area contributed by atoms with Gasteiger partial charge in [0.15, 0.2) is 0 Å². The topological polar surface area (TPSA) is 127 Å². The van der Waals surface area contributed by atoms with E-state index in [1.54, 1.807) is 7.05 Å². The van der Waals surface area contributed by atoms with E-state index in [9.17, 15) is 13.2 Å². The van der Waals surface area contributed by atoms with E-state index >= 15 is 0 Å². The number of carboxylic acids is 1. The van der Waals surface area contributed by atoms with Crippen LogP contribution in [0, 0.1) is 0 Å². The Labute approximate surface area is 114 Å². The number of aromatic nitrogens is 2. The molecule has 2 rings (SSSR count). The summed E-state index contributed by atoms with van der Waals surface area (Å²) in [7, 11) is -2.35. The summed E-state index contributed by atoms with van der Waals surface area (Å²) in [5.41, 5.74) is 5.51. The molecule has 1 heterocycles. The molecule has 0 atom stereocenters. The van der Waals surface area contributed by atoms with Gasteiger partial charge in [-0.1, -0.05) is 0 Å². The summed E-state index contributed by atoms with van der Waals surface area (Å²) in [6.45, 7) is 0. The molecule has 0 amide bonds. The molecule has 1 aromatic heterocycles. The lowest BCUT2D eigenvalue weighted by Gasteiger charge is -2.10. The van der Waals surface area contributed by atoms with Crippen LogP contribution in [-0.2, 0) is 17.1 Å².